The van der Waals surface area contributed by atoms with E-state index in [1.165, 1.54) is 0 Å². The van der Waals surface area contributed by atoms with Gasteiger partial charge in [-0.1, -0.05) is 23.4 Å². The van der Waals surface area contributed by atoms with Crippen LogP contribution in [-0.4, -0.2) is 10.9 Å². The molecule has 2 aromatic rings. The van der Waals surface area contributed by atoms with E-state index in [-0.39, 0.29) is 12.6 Å². The van der Waals surface area contributed by atoms with Crippen LogP contribution in [-0.2, 0) is 23.7 Å². The minimum Gasteiger partial charge on any atom is -0.270 e. The summed E-state index contributed by atoms with van der Waals surface area (Å²) in [5, 5.41) is 8.12. The fourth-order valence-corrected chi connectivity index (χ4v) is 2.72. The van der Waals surface area contributed by atoms with Gasteiger partial charge in [0.25, 0.3) is 5.91 Å². The highest BCUT2D eigenvalue weighted by atomic mass is 19.4. The molecule has 0 aromatic heterocycles. The number of carbonyl (C=O) groups excluding carboxylic acids is 1. The molecular formula is C18H12F6N3O. The summed E-state index contributed by atoms with van der Waals surface area (Å²) in [5.74, 6) is -0.807. The predicted molar refractivity (Wildman–Crippen MR) is 84.6 cm³/mol. The van der Waals surface area contributed by atoms with Gasteiger partial charge in [-0.05, 0) is 47.9 Å². The van der Waals surface area contributed by atoms with Gasteiger partial charge in [-0.15, -0.1) is 0 Å². The van der Waals surface area contributed by atoms with Gasteiger partial charge < -0.3 is 0 Å². The van der Waals surface area contributed by atoms with Crippen LogP contribution in [0.25, 0.3) is 0 Å². The highest BCUT2D eigenvalue weighted by Gasteiger charge is 2.40. The molecule has 1 amide bonds. The Kier molecular flexibility index (Phi) is 4.90. The summed E-state index contributed by atoms with van der Waals surface area (Å²) in [7, 11) is 0. The zero-order valence-electron chi connectivity index (χ0n) is 14.3. The number of aryl methyl sites for hydroxylation is 1. The Labute approximate surface area is 155 Å². The number of carbonyl (C=O) groups is 1. The maximum Gasteiger partial charge on any atom is 0.416 e. The summed E-state index contributed by atoms with van der Waals surface area (Å²) in [6, 6.07) is 7.33. The zero-order chi connectivity index (χ0) is 20.7. The first-order valence-electron chi connectivity index (χ1n) is 7.94. The Bertz CT molecular complexity index is 903. The number of benzene rings is 2. The van der Waals surface area contributed by atoms with Crippen LogP contribution in [0.1, 0.15) is 33.9 Å². The van der Waals surface area contributed by atoms with Gasteiger partial charge in [0.2, 0.25) is 0 Å². The van der Waals surface area contributed by atoms with Crippen LogP contribution in [0.4, 0.5) is 26.3 Å². The first kappa shape index (κ1) is 19.8. The molecule has 4 nitrogen and oxygen atoms in total. The Hall–Kier alpha value is -2.91. The van der Waals surface area contributed by atoms with Crippen molar-refractivity contribution in [3.8, 4) is 0 Å². The number of alkyl halides is 6. The molecular weight excluding hydrogens is 388 g/mol. The number of nitrogens with zero attached hydrogens (tertiary/aromatic N) is 3. The Balaban J connectivity index is 1.91. The molecule has 0 saturated heterocycles. The predicted octanol–water partition coefficient (Wildman–Crippen LogP) is 5.28. The third-order valence-electron chi connectivity index (χ3n) is 4.03. The van der Waals surface area contributed by atoms with Gasteiger partial charge in [0, 0.05) is 0 Å². The van der Waals surface area contributed by atoms with Crippen molar-refractivity contribution in [3.63, 3.8) is 0 Å². The van der Waals surface area contributed by atoms with E-state index in [1.807, 2.05) is 0 Å². The quantitative estimate of drug-likeness (QED) is 0.647. The van der Waals surface area contributed by atoms with Gasteiger partial charge in [0.05, 0.1) is 17.7 Å². The topological polar surface area (TPSA) is 45.0 Å². The standard InChI is InChI=1S/C18H12F6N3O/c1-10-3-2-4-11(5-10)9-27-16(28)15(25-26-27)12-6-13(17(19,20)21)8-14(7-12)18(22,23)24/h2,4-8,15H,9H2,1H3. The molecule has 1 atom stereocenters. The fourth-order valence-electron chi connectivity index (χ4n) is 2.72. The van der Waals surface area contributed by atoms with Crippen LogP contribution < -0.4 is 0 Å². The molecule has 0 spiro atoms. The molecule has 1 aliphatic rings. The van der Waals surface area contributed by atoms with E-state index < -0.39 is 41.0 Å². The monoisotopic (exact) mass is 400 g/mol. The Morgan fingerprint density at radius 2 is 1.64 bits per heavy atom. The van der Waals surface area contributed by atoms with Crippen LogP contribution in [0.15, 0.2) is 46.7 Å². The van der Waals surface area contributed by atoms with Gasteiger partial charge in [-0.3, -0.25) is 4.79 Å². The molecule has 1 radical (unpaired) electrons. The van der Waals surface area contributed by atoms with Crippen LogP contribution >= 0.6 is 0 Å². The second-order valence-corrected chi connectivity index (χ2v) is 6.22. The first-order chi connectivity index (χ1) is 12.9. The zero-order valence-corrected chi connectivity index (χ0v) is 14.3. The van der Waals surface area contributed by atoms with E-state index >= 15 is 0 Å². The van der Waals surface area contributed by atoms with E-state index in [0.29, 0.717) is 17.7 Å². The first-order valence-corrected chi connectivity index (χ1v) is 7.94. The lowest BCUT2D eigenvalue weighted by Crippen LogP contribution is -2.25. The highest BCUT2D eigenvalue weighted by Crippen LogP contribution is 2.39. The van der Waals surface area contributed by atoms with Gasteiger partial charge in [-0.25, -0.2) is 5.01 Å². The highest BCUT2D eigenvalue weighted by molar-refractivity contribution is 5.84. The van der Waals surface area contributed by atoms with Crippen molar-refractivity contribution in [2.45, 2.75) is 31.9 Å². The summed E-state index contributed by atoms with van der Waals surface area (Å²) in [6.07, 6.45) is -10.0. The van der Waals surface area contributed by atoms with Crippen molar-refractivity contribution >= 4 is 5.91 Å². The lowest BCUT2D eigenvalue weighted by Gasteiger charge is -2.16. The molecule has 1 heterocycles. The van der Waals surface area contributed by atoms with Crippen molar-refractivity contribution in [3.05, 3.63) is 70.3 Å². The molecule has 2 aromatic carbocycles. The van der Waals surface area contributed by atoms with E-state index in [0.717, 1.165) is 10.6 Å². The normalized spacial score (nSPS) is 17.5. The number of hydrogen-bond acceptors (Lipinski definition) is 3. The van der Waals surface area contributed by atoms with Crippen LogP contribution in [0.3, 0.4) is 0 Å². The van der Waals surface area contributed by atoms with Crippen molar-refractivity contribution in [1.82, 2.24) is 5.01 Å². The number of rotatable bonds is 3. The summed E-state index contributed by atoms with van der Waals surface area (Å²) in [5.41, 5.74) is -2.06. The van der Waals surface area contributed by atoms with Gasteiger partial charge in [0.1, 0.15) is 0 Å². The third-order valence-corrected chi connectivity index (χ3v) is 4.03. The summed E-state index contributed by atoms with van der Waals surface area (Å²) in [6.45, 7) is 1.76. The summed E-state index contributed by atoms with van der Waals surface area (Å²) < 4.78 is 78.0. The van der Waals surface area contributed by atoms with E-state index in [9.17, 15) is 31.1 Å². The minimum absolute atomic E-state index is 0.00108. The van der Waals surface area contributed by atoms with E-state index in [2.05, 4.69) is 16.4 Å². The van der Waals surface area contributed by atoms with Crippen LogP contribution in [0, 0.1) is 13.0 Å². The largest absolute Gasteiger partial charge is 0.416 e. The maximum absolute atomic E-state index is 13.0. The lowest BCUT2D eigenvalue weighted by molar-refractivity contribution is -0.143. The second kappa shape index (κ2) is 6.92. The van der Waals surface area contributed by atoms with Crippen molar-refractivity contribution < 1.29 is 31.1 Å². The smallest absolute Gasteiger partial charge is 0.270 e. The van der Waals surface area contributed by atoms with Crippen LogP contribution in [0.5, 0.6) is 0 Å². The molecule has 0 saturated carbocycles. The molecule has 1 unspecified atom stereocenters. The van der Waals surface area contributed by atoms with Crippen molar-refractivity contribution in [2.75, 3.05) is 0 Å². The summed E-state index contributed by atoms with van der Waals surface area (Å²) >= 11 is 0. The van der Waals surface area contributed by atoms with Crippen molar-refractivity contribution in [2.24, 2.45) is 10.3 Å². The van der Waals surface area contributed by atoms with Gasteiger partial charge >= 0.3 is 12.4 Å². The van der Waals surface area contributed by atoms with Crippen molar-refractivity contribution in [1.29, 1.82) is 0 Å². The average Bonchev–Trinajstić information content (AvgIpc) is 2.94. The van der Waals surface area contributed by atoms with Gasteiger partial charge in [0.15, 0.2) is 6.04 Å². The lowest BCUT2D eigenvalue weighted by atomic mass is 9.99. The molecule has 0 bridgehead atoms. The third kappa shape index (κ3) is 4.15. The van der Waals surface area contributed by atoms with Crippen LogP contribution in [0.2, 0.25) is 0 Å². The second-order valence-electron chi connectivity index (χ2n) is 6.22. The fraction of sp³-hybridized carbons (Fsp3) is 0.278. The molecule has 0 N–H and O–H groups in total. The van der Waals surface area contributed by atoms with E-state index in [1.54, 1.807) is 25.1 Å². The van der Waals surface area contributed by atoms with Gasteiger partial charge in [-0.2, -0.15) is 31.5 Å². The molecule has 0 aliphatic carbocycles. The number of hydrogen-bond donors (Lipinski definition) is 0. The molecule has 28 heavy (non-hydrogen) atoms. The van der Waals surface area contributed by atoms with E-state index in [4.69, 9.17) is 0 Å². The maximum atomic E-state index is 13.0. The molecule has 10 heteroatoms. The Morgan fingerprint density at radius 3 is 2.18 bits per heavy atom. The molecule has 0 fully saturated rings. The number of amides is 1. The SMILES string of the molecule is Cc1[c]ccc(CN2N=NC(c3cc(C(F)(F)F)cc(C(F)(F)F)c3)C2=O)c1. The number of halogens is 6. The molecule has 1 aliphatic heterocycles. The summed E-state index contributed by atoms with van der Waals surface area (Å²) in [4.78, 5) is 12.5. The Morgan fingerprint density at radius 1 is 1.04 bits per heavy atom. The molecule has 3 rings (SSSR count). The average molecular weight is 400 g/mol. The minimum atomic E-state index is -5.01. The molecule has 147 valence electrons.